The van der Waals surface area contributed by atoms with Gasteiger partial charge in [-0.15, -0.1) is 0 Å². The van der Waals surface area contributed by atoms with Crippen LogP contribution in [0.5, 0.6) is 5.75 Å². The molecule has 1 atom stereocenters. The highest BCUT2D eigenvalue weighted by Crippen LogP contribution is 2.26. The van der Waals surface area contributed by atoms with Gasteiger partial charge in [0, 0.05) is 36.1 Å². The summed E-state index contributed by atoms with van der Waals surface area (Å²) in [6.07, 6.45) is 2.63. The summed E-state index contributed by atoms with van der Waals surface area (Å²) in [5.41, 5.74) is 8.16. The van der Waals surface area contributed by atoms with Crippen LogP contribution in [0.1, 0.15) is 43.2 Å². The molecule has 0 radical (unpaired) electrons. The third-order valence-corrected chi connectivity index (χ3v) is 4.58. The molecular weight excluding hydrogens is 368 g/mol. The van der Waals surface area contributed by atoms with Crippen molar-refractivity contribution < 1.29 is 14.3 Å². The summed E-state index contributed by atoms with van der Waals surface area (Å²) >= 11 is 0. The van der Waals surface area contributed by atoms with Gasteiger partial charge in [0.2, 0.25) is 11.8 Å². The number of hydrogen-bond acceptors (Lipinski definition) is 5. The zero-order valence-electron chi connectivity index (χ0n) is 16.8. The predicted octanol–water partition coefficient (Wildman–Crippen LogP) is 3.30. The minimum atomic E-state index is -0.505. The van der Waals surface area contributed by atoms with Crippen LogP contribution in [0, 0.1) is 5.41 Å². The SMILES string of the molecule is CCCNC(=O)CCC(C(=O)Nc1ccc(N)c(C=N)c1)c1ccc(OC)cc1. The zero-order valence-corrected chi connectivity index (χ0v) is 16.8. The molecule has 0 spiro atoms. The van der Waals surface area contributed by atoms with Crippen molar-refractivity contribution in [3.05, 3.63) is 53.6 Å². The Balaban J connectivity index is 2.19. The molecule has 0 fully saturated rings. The number of nitrogen functional groups attached to an aromatic ring is 1. The fourth-order valence-corrected chi connectivity index (χ4v) is 2.92. The number of rotatable bonds is 10. The first-order chi connectivity index (χ1) is 14.0. The topological polar surface area (TPSA) is 117 Å². The fourth-order valence-electron chi connectivity index (χ4n) is 2.92. The number of hydrogen-bond donors (Lipinski definition) is 4. The second-order valence-electron chi connectivity index (χ2n) is 6.69. The Labute approximate surface area is 171 Å². The molecule has 0 aliphatic heterocycles. The molecule has 0 heterocycles. The Morgan fingerprint density at radius 3 is 2.55 bits per heavy atom. The Morgan fingerprint density at radius 2 is 1.93 bits per heavy atom. The lowest BCUT2D eigenvalue weighted by Gasteiger charge is -2.18. The van der Waals surface area contributed by atoms with Crippen LogP contribution in [0.2, 0.25) is 0 Å². The van der Waals surface area contributed by atoms with Gasteiger partial charge in [-0.2, -0.15) is 0 Å². The van der Waals surface area contributed by atoms with Gasteiger partial charge in [-0.3, -0.25) is 9.59 Å². The number of anilines is 2. The Kier molecular flexibility index (Phi) is 8.21. The monoisotopic (exact) mass is 396 g/mol. The summed E-state index contributed by atoms with van der Waals surface area (Å²) in [7, 11) is 1.58. The lowest BCUT2D eigenvalue weighted by Crippen LogP contribution is -2.27. The van der Waals surface area contributed by atoms with Crippen molar-refractivity contribution in [2.75, 3.05) is 24.7 Å². The first-order valence-electron chi connectivity index (χ1n) is 9.60. The molecule has 2 rings (SSSR count). The van der Waals surface area contributed by atoms with Crippen LogP contribution in [0.15, 0.2) is 42.5 Å². The molecule has 0 bridgehead atoms. The summed E-state index contributed by atoms with van der Waals surface area (Å²) in [5, 5.41) is 13.1. The number of nitrogens with one attached hydrogen (secondary N) is 3. The standard InChI is InChI=1S/C22H28N4O3/c1-3-12-25-21(27)11-9-19(15-4-7-18(29-2)8-5-15)22(28)26-17-6-10-20(24)16(13-17)14-23/h4-8,10,13-14,19,23H,3,9,11-12,24H2,1-2H3,(H,25,27)(H,26,28). The molecule has 0 aromatic heterocycles. The van der Waals surface area contributed by atoms with E-state index in [-0.39, 0.29) is 18.2 Å². The van der Waals surface area contributed by atoms with Crippen LogP contribution >= 0.6 is 0 Å². The van der Waals surface area contributed by atoms with Gasteiger partial charge < -0.3 is 26.5 Å². The van der Waals surface area contributed by atoms with E-state index < -0.39 is 5.92 Å². The molecule has 0 aliphatic rings. The minimum absolute atomic E-state index is 0.0725. The summed E-state index contributed by atoms with van der Waals surface area (Å²) in [5.74, 6) is -0.104. The van der Waals surface area contributed by atoms with Crippen molar-refractivity contribution in [3.63, 3.8) is 0 Å². The second kappa shape index (κ2) is 10.8. The molecule has 0 aliphatic carbocycles. The summed E-state index contributed by atoms with van der Waals surface area (Å²) < 4.78 is 5.19. The number of carbonyl (C=O) groups is 2. The number of amides is 2. The van der Waals surface area contributed by atoms with Crippen molar-refractivity contribution in [1.82, 2.24) is 5.32 Å². The van der Waals surface area contributed by atoms with E-state index >= 15 is 0 Å². The quantitative estimate of drug-likeness (QED) is 0.364. The average molecular weight is 396 g/mol. The van der Waals surface area contributed by atoms with E-state index in [4.69, 9.17) is 15.9 Å². The first kappa shape index (κ1) is 21.9. The molecule has 1 unspecified atom stereocenters. The van der Waals surface area contributed by atoms with Gasteiger partial charge in [-0.05, 0) is 48.7 Å². The molecule has 0 saturated carbocycles. The predicted molar refractivity (Wildman–Crippen MR) is 116 cm³/mol. The highest BCUT2D eigenvalue weighted by atomic mass is 16.5. The van der Waals surface area contributed by atoms with Gasteiger partial charge in [-0.1, -0.05) is 19.1 Å². The minimum Gasteiger partial charge on any atom is -0.497 e. The summed E-state index contributed by atoms with van der Waals surface area (Å²) in [6, 6.07) is 12.2. The van der Waals surface area contributed by atoms with Crippen LogP contribution in [-0.2, 0) is 9.59 Å². The fraction of sp³-hybridized carbons (Fsp3) is 0.318. The average Bonchev–Trinajstić information content (AvgIpc) is 2.74. The second-order valence-corrected chi connectivity index (χ2v) is 6.69. The van der Waals surface area contributed by atoms with Gasteiger partial charge in [0.15, 0.2) is 0 Å². The van der Waals surface area contributed by atoms with E-state index in [0.29, 0.717) is 35.7 Å². The van der Waals surface area contributed by atoms with Crippen LogP contribution in [-0.4, -0.2) is 31.7 Å². The summed E-state index contributed by atoms with van der Waals surface area (Å²) in [6.45, 7) is 2.61. The Hall–Kier alpha value is -3.35. The van der Waals surface area contributed by atoms with Crippen molar-refractivity contribution >= 4 is 29.4 Å². The van der Waals surface area contributed by atoms with E-state index in [1.54, 1.807) is 37.4 Å². The van der Waals surface area contributed by atoms with Crippen LogP contribution in [0.4, 0.5) is 11.4 Å². The largest absolute Gasteiger partial charge is 0.497 e. The number of methoxy groups -OCH3 is 1. The van der Waals surface area contributed by atoms with Crippen molar-refractivity contribution in [2.45, 2.75) is 32.1 Å². The Morgan fingerprint density at radius 1 is 1.21 bits per heavy atom. The number of carbonyl (C=O) groups excluding carboxylic acids is 2. The van der Waals surface area contributed by atoms with E-state index in [0.717, 1.165) is 18.2 Å². The molecule has 2 amide bonds. The summed E-state index contributed by atoms with van der Waals surface area (Å²) in [4.78, 5) is 25.1. The molecule has 0 saturated heterocycles. The van der Waals surface area contributed by atoms with E-state index in [1.807, 2.05) is 19.1 Å². The lowest BCUT2D eigenvalue weighted by molar-refractivity contribution is -0.121. The first-order valence-corrected chi connectivity index (χ1v) is 9.60. The highest BCUT2D eigenvalue weighted by molar-refractivity contribution is 5.97. The molecule has 5 N–H and O–H groups in total. The van der Waals surface area contributed by atoms with Gasteiger partial charge in [-0.25, -0.2) is 0 Å². The van der Waals surface area contributed by atoms with E-state index in [2.05, 4.69) is 10.6 Å². The molecule has 2 aromatic carbocycles. The van der Waals surface area contributed by atoms with Crippen molar-refractivity contribution in [1.29, 1.82) is 5.41 Å². The van der Waals surface area contributed by atoms with Gasteiger partial charge in [0.1, 0.15) is 5.75 Å². The van der Waals surface area contributed by atoms with Crippen LogP contribution < -0.4 is 21.1 Å². The van der Waals surface area contributed by atoms with Gasteiger partial charge >= 0.3 is 0 Å². The molecule has 29 heavy (non-hydrogen) atoms. The lowest BCUT2D eigenvalue weighted by atomic mass is 9.92. The van der Waals surface area contributed by atoms with Crippen LogP contribution in [0.3, 0.4) is 0 Å². The maximum Gasteiger partial charge on any atom is 0.231 e. The van der Waals surface area contributed by atoms with E-state index in [1.165, 1.54) is 0 Å². The number of nitrogens with two attached hydrogens (primary N) is 1. The van der Waals surface area contributed by atoms with Gasteiger partial charge in [0.05, 0.1) is 13.0 Å². The van der Waals surface area contributed by atoms with Gasteiger partial charge in [0.25, 0.3) is 0 Å². The smallest absolute Gasteiger partial charge is 0.231 e. The molecule has 7 nitrogen and oxygen atoms in total. The normalized spacial score (nSPS) is 11.4. The van der Waals surface area contributed by atoms with E-state index in [9.17, 15) is 9.59 Å². The molecular formula is C22H28N4O3. The third-order valence-electron chi connectivity index (χ3n) is 4.58. The zero-order chi connectivity index (χ0) is 21.2. The van der Waals surface area contributed by atoms with Crippen LogP contribution in [0.25, 0.3) is 0 Å². The Bertz CT molecular complexity index is 850. The van der Waals surface area contributed by atoms with Crippen molar-refractivity contribution in [2.24, 2.45) is 0 Å². The highest BCUT2D eigenvalue weighted by Gasteiger charge is 2.22. The number of ether oxygens (including phenoxy) is 1. The molecule has 2 aromatic rings. The molecule has 154 valence electrons. The number of benzene rings is 2. The maximum atomic E-state index is 13.0. The van der Waals surface area contributed by atoms with Crippen molar-refractivity contribution in [3.8, 4) is 5.75 Å². The molecule has 7 heteroatoms. The maximum absolute atomic E-state index is 13.0. The third kappa shape index (κ3) is 6.34.